The Kier molecular flexibility index (Phi) is 5.95. The summed E-state index contributed by atoms with van der Waals surface area (Å²) in [5, 5.41) is 24.3. The van der Waals surface area contributed by atoms with E-state index < -0.39 is 17.0 Å². The minimum Gasteiger partial charge on any atom is -0.465 e. The van der Waals surface area contributed by atoms with E-state index in [1.54, 1.807) is 6.07 Å². The monoisotopic (exact) mass is 364 g/mol. The lowest BCUT2D eigenvalue weighted by atomic mass is 10.1. The van der Waals surface area contributed by atoms with Gasteiger partial charge in [-0.05, 0) is 18.6 Å². The number of nitrogens with one attached hydrogen (secondary N) is 1. The number of esters is 1. The first-order valence-corrected chi connectivity index (χ1v) is 7.76. The quantitative estimate of drug-likeness (QED) is 0.462. The Morgan fingerprint density at radius 1 is 1.40 bits per heavy atom. The SMILES string of the molecule is COC(=O)c1cc([N+](=O)[O-])c(NCC(O)c2cccc(C)c2)cc1Cl. The molecule has 0 radical (unpaired) electrons. The van der Waals surface area contributed by atoms with Crippen LogP contribution in [0.3, 0.4) is 0 Å². The van der Waals surface area contributed by atoms with Crippen molar-refractivity contribution in [1.82, 2.24) is 0 Å². The molecule has 0 aliphatic carbocycles. The minimum absolute atomic E-state index is 0.0185. The lowest BCUT2D eigenvalue weighted by Crippen LogP contribution is -2.14. The van der Waals surface area contributed by atoms with Crippen molar-refractivity contribution in [2.45, 2.75) is 13.0 Å². The van der Waals surface area contributed by atoms with Crippen molar-refractivity contribution in [3.8, 4) is 0 Å². The molecule has 2 rings (SSSR count). The molecular formula is C17H17ClN2O5. The molecule has 0 amide bonds. The molecule has 132 valence electrons. The number of carbonyl (C=O) groups excluding carboxylic acids is 1. The van der Waals surface area contributed by atoms with Crippen molar-refractivity contribution in [2.24, 2.45) is 0 Å². The number of nitrogens with zero attached hydrogens (tertiary/aromatic N) is 1. The van der Waals surface area contributed by atoms with Crippen LogP contribution in [0.1, 0.15) is 27.6 Å². The summed E-state index contributed by atoms with van der Waals surface area (Å²) in [6.07, 6.45) is -0.862. The maximum absolute atomic E-state index is 11.6. The molecule has 0 saturated heterocycles. The van der Waals surface area contributed by atoms with E-state index in [4.69, 9.17) is 11.6 Å². The maximum atomic E-state index is 11.6. The number of hydrogen-bond acceptors (Lipinski definition) is 6. The van der Waals surface area contributed by atoms with Crippen LogP contribution >= 0.6 is 11.6 Å². The topological polar surface area (TPSA) is 102 Å². The van der Waals surface area contributed by atoms with Gasteiger partial charge in [0, 0.05) is 12.6 Å². The van der Waals surface area contributed by atoms with Gasteiger partial charge in [0.2, 0.25) is 0 Å². The highest BCUT2D eigenvalue weighted by molar-refractivity contribution is 6.34. The summed E-state index contributed by atoms with van der Waals surface area (Å²) >= 11 is 6.01. The van der Waals surface area contributed by atoms with Gasteiger partial charge in [0.05, 0.1) is 28.7 Å². The van der Waals surface area contributed by atoms with E-state index in [0.29, 0.717) is 5.56 Å². The minimum atomic E-state index is -0.862. The predicted molar refractivity (Wildman–Crippen MR) is 94.1 cm³/mol. The fourth-order valence-corrected chi connectivity index (χ4v) is 2.56. The van der Waals surface area contributed by atoms with Gasteiger partial charge in [-0.15, -0.1) is 0 Å². The number of hydrogen-bond donors (Lipinski definition) is 2. The number of nitro groups is 1. The van der Waals surface area contributed by atoms with E-state index in [0.717, 1.165) is 18.7 Å². The molecule has 7 nitrogen and oxygen atoms in total. The Bertz CT molecular complexity index is 810. The number of ether oxygens (including phenoxy) is 1. The average molecular weight is 365 g/mol. The molecule has 8 heteroatoms. The molecule has 25 heavy (non-hydrogen) atoms. The fourth-order valence-electron chi connectivity index (χ4n) is 2.32. The van der Waals surface area contributed by atoms with E-state index in [-0.39, 0.29) is 28.5 Å². The Balaban J connectivity index is 2.25. The van der Waals surface area contributed by atoms with Crippen LogP contribution < -0.4 is 5.32 Å². The Morgan fingerprint density at radius 3 is 2.72 bits per heavy atom. The molecule has 0 spiro atoms. The number of carbonyl (C=O) groups is 1. The van der Waals surface area contributed by atoms with E-state index in [2.05, 4.69) is 10.1 Å². The fraction of sp³-hybridized carbons (Fsp3) is 0.235. The number of rotatable bonds is 6. The molecule has 0 bridgehead atoms. The number of halogens is 1. The van der Waals surface area contributed by atoms with Crippen molar-refractivity contribution in [3.05, 3.63) is 68.2 Å². The number of anilines is 1. The van der Waals surface area contributed by atoms with Gasteiger partial charge in [-0.1, -0.05) is 41.4 Å². The highest BCUT2D eigenvalue weighted by Gasteiger charge is 2.22. The lowest BCUT2D eigenvalue weighted by molar-refractivity contribution is -0.384. The molecule has 0 fully saturated rings. The van der Waals surface area contributed by atoms with Gasteiger partial charge in [-0.2, -0.15) is 0 Å². The van der Waals surface area contributed by atoms with Crippen LogP contribution in [-0.4, -0.2) is 29.7 Å². The molecule has 0 heterocycles. The van der Waals surface area contributed by atoms with Crippen LogP contribution in [0.2, 0.25) is 5.02 Å². The molecule has 0 saturated carbocycles. The molecular weight excluding hydrogens is 348 g/mol. The summed E-state index contributed by atoms with van der Waals surface area (Å²) in [4.78, 5) is 22.2. The first-order valence-electron chi connectivity index (χ1n) is 7.38. The smallest absolute Gasteiger partial charge is 0.339 e. The van der Waals surface area contributed by atoms with Crippen LogP contribution in [-0.2, 0) is 4.74 Å². The molecule has 0 aliphatic rings. The highest BCUT2D eigenvalue weighted by Crippen LogP contribution is 2.32. The number of nitro benzene ring substituents is 1. The summed E-state index contributed by atoms with van der Waals surface area (Å²) in [5.74, 6) is -0.764. The number of methoxy groups -OCH3 is 1. The second-order valence-electron chi connectivity index (χ2n) is 5.41. The summed E-state index contributed by atoms with van der Waals surface area (Å²) in [7, 11) is 1.16. The lowest BCUT2D eigenvalue weighted by Gasteiger charge is -2.14. The normalized spacial score (nSPS) is 11.7. The van der Waals surface area contributed by atoms with E-state index >= 15 is 0 Å². The third-order valence-corrected chi connectivity index (χ3v) is 3.91. The number of aliphatic hydroxyl groups excluding tert-OH is 1. The molecule has 0 aromatic heterocycles. The van der Waals surface area contributed by atoms with E-state index in [1.807, 2.05) is 25.1 Å². The van der Waals surface area contributed by atoms with Crippen molar-refractivity contribution < 1.29 is 19.6 Å². The highest BCUT2D eigenvalue weighted by atomic mass is 35.5. The molecule has 1 unspecified atom stereocenters. The van der Waals surface area contributed by atoms with E-state index in [9.17, 15) is 20.0 Å². The maximum Gasteiger partial charge on any atom is 0.339 e. The summed E-state index contributed by atoms with van der Waals surface area (Å²) in [6.45, 7) is 1.94. The molecule has 0 aliphatic heterocycles. The van der Waals surface area contributed by atoms with E-state index in [1.165, 1.54) is 6.07 Å². The molecule has 2 aromatic rings. The van der Waals surface area contributed by atoms with Gasteiger partial charge < -0.3 is 15.2 Å². The molecule has 1 atom stereocenters. The number of aliphatic hydroxyl groups is 1. The van der Waals surface area contributed by atoms with Gasteiger partial charge in [-0.3, -0.25) is 10.1 Å². The zero-order chi connectivity index (χ0) is 18.6. The average Bonchev–Trinajstić information content (AvgIpc) is 2.58. The summed E-state index contributed by atoms with van der Waals surface area (Å²) < 4.78 is 4.55. The summed E-state index contributed by atoms with van der Waals surface area (Å²) in [5.41, 5.74) is 1.36. The molecule has 2 aromatic carbocycles. The van der Waals surface area contributed by atoms with Crippen LogP contribution in [0.25, 0.3) is 0 Å². The van der Waals surface area contributed by atoms with Crippen molar-refractivity contribution in [2.75, 3.05) is 19.0 Å². The Morgan fingerprint density at radius 2 is 2.12 bits per heavy atom. The van der Waals surface area contributed by atoms with Gasteiger partial charge in [-0.25, -0.2) is 4.79 Å². The second kappa shape index (κ2) is 7.96. The Hall–Kier alpha value is -2.64. The zero-order valence-electron chi connectivity index (χ0n) is 13.7. The third kappa shape index (κ3) is 4.46. The van der Waals surface area contributed by atoms with Gasteiger partial charge in [0.15, 0.2) is 0 Å². The van der Waals surface area contributed by atoms with Crippen LogP contribution in [0.15, 0.2) is 36.4 Å². The van der Waals surface area contributed by atoms with Crippen LogP contribution in [0.4, 0.5) is 11.4 Å². The van der Waals surface area contributed by atoms with Crippen molar-refractivity contribution >= 4 is 28.9 Å². The zero-order valence-corrected chi connectivity index (χ0v) is 14.4. The molecule has 2 N–H and O–H groups in total. The van der Waals surface area contributed by atoms with Gasteiger partial charge in [0.25, 0.3) is 5.69 Å². The Labute approximate surface area is 149 Å². The van der Waals surface area contributed by atoms with Crippen molar-refractivity contribution in [1.29, 1.82) is 0 Å². The standard InChI is InChI=1S/C17H17ClN2O5/c1-10-4-3-5-11(6-10)16(21)9-19-14-8-13(18)12(17(22)25-2)7-15(14)20(23)24/h3-8,16,19,21H,9H2,1-2H3. The van der Waals surface area contributed by atoms with Crippen LogP contribution in [0.5, 0.6) is 0 Å². The number of benzene rings is 2. The number of aryl methyl sites for hydroxylation is 1. The summed E-state index contributed by atoms with van der Waals surface area (Å²) in [6, 6.07) is 9.64. The third-order valence-electron chi connectivity index (χ3n) is 3.60. The van der Waals surface area contributed by atoms with Gasteiger partial charge in [0.1, 0.15) is 5.69 Å². The largest absolute Gasteiger partial charge is 0.465 e. The first-order chi connectivity index (χ1) is 11.8. The first kappa shape index (κ1) is 18.7. The second-order valence-corrected chi connectivity index (χ2v) is 5.82. The van der Waals surface area contributed by atoms with Gasteiger partial charge >= 0.3 is 5.97 Å². The van der Waals surface area contributed by atoms with Crippen LogP contribution in [0, 0.1) is 17.0 Å². The van der Waals surface area contributed by atoms with Crippen molar-refractivity contribution in [3.63, 3.8) is 0 Å². The predicted octanol–water partition coefficient (Wildman–Crippen LogP) is 3.49.